The fourth-order valence-electron chi connectivity index (χ4n) is 3.31. The molecule has 1 fully saturated rings. The van der Waals surface area contributed by atoms with E-state index in [2.05, 4.69) is 11.9 Å². The number of benzene rings is 2. The van der Waals surface area contributed by atoms with E-state index in [-0.39, 0.29) is 17.9 Å². The predicted molar refractivity (Wildman–Crippen MR) is 98.0 cm³/mol. The van der Waals surface area contributed by atoms with Crippen molar-refractivity contribution < 1.29 is 14.3 Å². The number of amides is 1. The largest absolute Gasteiger partial charge is 0.496 e. The molecule has 0 saturated heterocycles. The van der Waals surface area contributed by atoms with Crippen LogP contribution < -0.4 is 14.8 Å². The molecule has 1 N–H and O–H groups in total. The molecule has 4 rings (SSSR count). The zero-order chi connectivity index (χ0) is 17.4. The first kappa shape index (κ1) is 15.8. The van der Waals surface area contributed by atoms with Crippen LogP contribution in [0.2, 0.25) is 0 Å². The number of carbonyl (C=O) groups is 1. The first-order chi connectivity index (χ1) is 12.2. The number of hydrogen-bond acceptors (Lipinski definition) is 3. The third-order valence-corrected chi connectivity index (χ3v) is 4.74. The van der Waals surface area contributed by atoms with Gasteiger partial charge in [-0.2, -0.15) is 0 Å². The Balaban J connectivity index is 1.77. The molecule has 0 aromatic heterocycles. The molecule has 0 spiro atoms. The summed E-state index contributed by atoms with van der Waals surface area (Å²) < 4.78 is 11.7. The molecular weight excluding hydrogens is 314 g/mol. The molecule has 1 heterocycles. The van der Waals surface area contributed by atoms with E-state index in [0.29, 0.717) is 6.42 Å². The second-order valence-corrected chi connectivity index (χ2v) is 6.53. The second-order valence-electron chi connectivity index (χ2n) is 6.53. The summed E-state index contributed by atoms with van der Waals surface area (Å²) >= 11 is 0. The average Bonchev–Trinajstić information content (AvgIpc) is 3.46. The highest BCUT2D eigenvalue weighted by Crippen LogP contribution is 2.48. The number of hydrogen-bond donors (Lipinski definition) is 1. The van der Waals surface area contributed by atoms with Crippen LogP contribution in [0.1, 0.15) is 30.9 Å². The summed E-state index contributed by atoms with van der Waals surface area (Å²) in [6, 6.07) is 11.8. The Kier molecular flexibility index (Phi) is 3.96. The Morgan fingerprint density at radius 3 is 2.92 bits per heavy atom. The number of nitrogens with one attached hydrogen (secondary N) is 1. The van der Waals surface area contributed by atoms with E-state index >= 15 is 0 Å². The fraction of sp³-hybridized carbons (Fsp3) is 0.286. The SMILES string of the molecule is C=CCC1Oc2cccc(OC)c2-c2ccc(NC(=O)C3CC3)cc21. The Morgan fingerprint density at radius 2 is 2.20 bits per heavy atom. The number of rotatable bonds is 5. The Labute approximate surface area is 147 Å². The lowest BCUT2D eigenvalue weighted by atomic mass is 9.90. The van der Waals surface area contributed by atoms with Crippen molar-refractivity contribution in [3.8, 4) is 22.6 Å². The fourth-order valence-corrected chi connectivity index (χ4v) is 3.31. The number of ether oxygens (including phenoxy) is 2. The van der Waals surface area contributed by atoms with Gasteiger partial charge in [0.2, 0.25) is 5.91 Å². The van der Waals surface area contributed by atoms with Crippen LogP contribution in [0.5, 0.6) is 11.5 Å². The molecule has 4 heteroatoms. The molecule has 2 aliphatic rings. The molecule has 0 bridgehead atoms. The summed E-state index contributed by atoms with van der Waals surface area (Å²) in [7, 11) is 1.66. The number of methoxy groups -OCH3 is 1. The lowest BCUT2D eigenvalue weighted by molar-refractivity contribution is -0.117. The van der Waals surface area contributed by atoms with Crippen LogP contribution in [-0.2, 0) is 4.79 Å². The highest BCUT2D eigenvalue weighted by molar-refractivity contribution is 5.95. The molecule has 4 nitrogen and oxygen atoms in total. The summed E-state index contributed by atoms with van der Waals surface area (Å²) in [5, 5.41) is 3.02. The Morgan fingerprint density at radius 1 is 1.36 bits per heavy atom. The van der Waals surface area contributed by atoms with E-state index < -0.39 is 0 Å². The first-order valence-electron chi connectivity index (χ1n) is 8.61. The van der Waals surface area contributed by atoms with Gasteiger partial charge in [0.1, 0.15) is 17.6 Å². The van der Waals surface area contributed by atoms with E-state index in [0.717, 1.165) is 46.7 Å². The van der Waals surface area contributed by atoms with Gasteiger partial charge < -0.3 is 14.8 Å². The number of anilines is 1. The van der Waals surface area contributed by atoms with E-state index in [4.69, 9.17) is 9.47 Å². The van der Waals surface area contributed by atoms with Crippen LogP contribution in [-0.4, -0.2) is 13.0 Å². The molecule has 1 amide bonds. The molecule has 1 unspecified atom stereocenters. The molecule has 1 saturated carbocycles. The quantitative estimate of drug-likeness (QED) is 0.804. The van der Waals surface area contributed by atoms with Gasteiger partial charge in [-0.3, -0.25) is 4.79 Å². The van der Waals surface area contributed by atoms with E-state index in [9.17, 15) is 4.79 Å². The molecule has 1 atom stereocenters. The summed E-state index contributed by atoms with van der Waals surface area (Å²) in [5.41, 5.74) is 3.90. The summed E-state index contributed by atoms with van der Waals surface area (Å²) in [5.74, 6) is 1.88. The van der Waals surface area contributed by atoms with Crippen LogP contribution in [0.25, 0.3) is 11.1 Å². The van der Waals surface area contributed by atoms with Crippen LogP contribution in [0, 0.1) is 5.92 Å². The smallest absolute Gasteiger partial charge is 0.227 e. The predicted octanol–water partition coefficient (Wildman–Crippen LogP) is 4.72. The molecule has 0 radical (unpaired) electrons. The highest BCUT2D eigenvalue weighted by atomic mass is 16.5. The molecule has 2 aromatic carbocycles. The Bertz CT molecular complexity index is 839. The van der Waals surface area contributed by atoms with Gasteiger partial charge in [0.05, 0.1) is 12.7 Å². The van der Waals surface area contributed by atoms with Crippen molar-refractivity contribution in [2.24, 2.45) is 5.92 Å². The van der Waals surface area contributed by atoms with Crippen molar-refractivity contribution in [1.82, 2.24) is 0 Å². The van der Waals surface area contributed by atoms with Crippen molar-refractivity contribution >= 4 is 11.6 Å². The van der Waals surface area contributed by atoms with Crippen LogP contribution >= 0.6 is 0 Å². The zero-order valence-electron chi connectivity index (χ0n) is 14.2. The second kappa shape index (κ2) is 6.28. The van der Waals surface area contributed by atoms with Crippen molar-refractivity contribution in [2.75, 3.05) is 12.4 Å². The molecule has 128 valence electrons. The topological polar surface area (TPSA) is 47.6 Å². The van der Waals surface area contributed by atoms with Gasteiger partial charge in [0, 0.05) is 23.6 Å². The van der Waals surface area contributed by atoms with Gasteiger partial charge in [0.15, 0.2) is 0 Å². The standard InChI is InChI=1S/C21H21NO3/c1-3-5-17-16-12-14(22-21(23)13-8-9-13)10-11-15(16)20-18(24-2)6-4-7-19(20)25-17/h3-4,6-7,10-13,17H,1,5,8-9H2,2H3,(H,22,23). The summed E-state index contributed by atoms with van der Waals surface area (Å²) in [6.45, 7) is 3.85. The molecule has 1 aliphatic heterocycles. The lowest BCUT2D eigenvalue weighted by Crippen LogP contribution is -2.17. The molecule has 2 aromatic rings. The maximum Gasteiger partial charge on any atom is 0.227 e. The number of carbonyl (C=O) groups excluding carboxylic acids is 1. The van der Waals surface area contributed by atoms with Crippen LogP contribution in [0.3, 0.4) is 0 Å². The van der Waals surface area contributed by atoms with Crippen molar-refractivity contribution in [2.45, 2.75) is 25.4 Å². The maximum absolute atomic E-state index is 12.1. The zero-order valence-corrected chi connectivity index (χ0v) is 14.2. The van der Waals surface area contributed by atoms with Gasteiger partial charge in [-0.05, 0) is 42.7 Å². The molecular formula is C21H21NO3. The van der Waals surface area contributed by atoms with E-state index in [1.807, 2.05) is 42.5 Å². The lowest BCUT2D eigenvalue weighted by Gasteiger charge is -2.29. The Hall–Kier alpha value is -2.75. The first-order valence-corrected chi connectivity index (χ1v) is 8.61. The number of fused-ring (bicyclic) bond motifs is 3. The minimum Gasteiger partial charge on any atom is -0.496 e. The third-order valence-electron chi connectivity index (χ3n) is 4.74. The van der Waals surface area contributed by atoms with Gasteiger partial charge in [-0.15, -0.1) is 6.58 Å². The third kappa shape index (κ3) is 2.88. The molecule has 25 heavy (non-hydrogen) atoms. The van der Waals surface area contributed by atoms with Crippen LogP contribution in [0.15, 0.2) is 49.1 Å². The minimum absolute atomic E-state index is 0.106. The molecule has 1 aliphatic carbocycles. The van der Waals surface area contributed by atoms with Gasteiger partial charge in [0.25, 0.3) is 0 Å². The van der Waals surface area contributed by atoms with E-state index in [1.54, 1.807) is 7.11 Å². The van der Waals surface area contributed by atoms with Gasteiger partial charge in [-0.25, -0.2) is 0 Å². The summed E-state index contributed by atoms with van der Waals surface area (Å²) in [4.78, 5) is 12.1. The van der Waals surface area contributed by atoms with Gasteiger partial charge >= 0.3 is 0 Å². The van der Waals surface area contributed by atoms with Gasteiger partial charge in [-0.1, -0.05) is 18.2 Å². The van der Waals surface area contributed by atoms with Crippen molar-refractivity contribution in [3.05, 3.63) is 54.6 Å². The maximum atomic E-state index is 12.1. The van der Waals surface area contributed by atoms with E-state index in [1.165, 1.54) is 0 Å². The monoisotopic (exact) mass is 335 g/mol. The van der Waals surface area contributed by atoms with Crippen LogP contribution in [0.4, 0.5) is 5.69 Å². The normalized spacial score (nSPS) is 17.7. The van der Waals surface area contributed by atoms with Crippen molar-refractivity contribution in [3.63, 3.8) is 0 Å². The summed E-state index contributed by atoms with van der Waals surface area (Å²) in [6.07, 6.45) is 4.41. The average molecular weight is 335 g/mol. The highest BCUT2D eigenvalue weighted by Gasteiger charge is 2.31. The minimum atomic E-state index is -0.120. The van der Waals surface area contributed by atoms with Crippen molar-refractivity contribution in [1.29, 1.82) is 0 Å².